The number of carbonyl (C=O) groups is 4. The fraction of sp³-hybridized carbons (Fsp3) is 0.389. The Kier molecular flexibility index (Phi) is 12.3. The van der Waals surface area contributed by atoms with Crippen LogP contribution in [0.25, 0.3) is 0 Å². The summed E-state index contributed by atoms with van der Waals surface area (Å²) < 4.78 is 6.00. The van der Waals surface area contributed by atoms with Crippen LogP contribution in [0.15, 0.2) is 91.0 Å². The van der Waals surface area contributed by atoms with Crippen LogP contribution >= 0.6 is 0 Å². The molecule has 1 aliphatic rings. The van der Waals surface area contributed by atoms with Gasteiger partial charge in [0.15, 0.2) is 0 Å². The number of nitrogens with one attached hydrogen (secondary N) is 3. The van der Waals surface area contributed by atoms with Gasteiger partial charge in [0.1, 0.15) is 24.2 Å². The van der Waals surface area contributed by atoms with Gasteiger partial charge in [0.25, 0.3) is 0 Å². The van der Waals surface area contributed by atoms with Crippen molar-refractivity contribution in [3.8, 4) is 0 Å². The zero-order valence-corrected chi connectivity index (χ0v) is 25.9. The smallest absolute Gasteiger partial charge is 0.329 e. The van der Waals surface area contributed by atoms with Crippen LogP contribution in [0, 0.1) is 5.92 Å². The van der Waals surface area contributed by atoms with Crippen LogP contribution < -0.4 is 16.0 Å². The van der Waals surface area contributed by atoms with Crippen LogP contribution in [-0.2, 0) is 30.3 Å². The number of carbonyl (C=O) groups excluding carboxylic acids is 4. The van der Waals surface area contributed by atoms with Gasteiger partial charge in [-0.1, -0.05) is 118 Å². The number of hydrogen-bond donors (Lipinski definition) is 4. The molecule has 1 aliphatic heterocycles. The van der Waals surface area contributed by atoms with Crippen molar-refractivity contribution in [2.75, 3.05) is 6.61 Å². The van der Waals surface area contributed by atoms with Crippen molar-refractivity contribution in [1.82, 2.24) is 16.0 Å². The molecule has 5 atom stereocenters. The third kappa shape index (κ3) is 9.25. The minimum atomic E-state index is -1.38. The van der Waals surface area contributed by atoms with Crippen molar-refractivity contribution >= 4 is 23.7 Å². The maximum Gasteiger partial charge on any atom is 0.329 e. The lowest BCUT2D eigenvalue weighted by Gasteiger charge is -2.30. The molecule has 45 heavy (non-hydrogen) atoms. The van der Waals surface area contributed by atoms with Gasteiger partial charge < -0.3 is 25.8 Å². The molecule has 3 aromatic rings. The second-order valence-electron chi connectivity index (χ2n) is 11.6. The fourth-order valence-corrected chi connectivity index (χ4v) is 5.69. The first-order valence-electron chi connectivity index (χ1n) is 15.7. The Morgan fingerprint density at radius 3 is 1.89 bits per heavy atom. The molecule has 0 aromatic heterocycles. The summed E-state index contributed by atoms with van der Waals surface area (Å²) in [6, 6.07) is 24.2. The van der Waals surface area contributed by atoms with E-state index in [0.717, 1.165) is 36.0 Å². The molecule has 0 bridgehead atoms. The normalized spacial score (nSPS) is 22.1. The van der Waals surface area contributed by atoms with E-state index in [-0.39, 0.29) is 18.8 Å². The van der Waals surface area contributed by atoms with Crippen LogP contribution in [0.4, 0.5) is 0 Å². The molecule has 0 spiro atoms. The zero-order chi connectivity index (χ0) is 32.2. The molecule has 0 saturated carbocycles. The maximum absolute atomic E-state index is 14.0. The molecule has 3 amide bonds. The number of benzene rings is 3. The van der Waals surface area contributed by atoms with Gasteiger partial charge in [-0.3, -0.25) is 14.4 Å². The Labute approximate surface area is 264 Å². The number of ether oxygens (including phenoxy) is 1. The van der Waals surface area contributed by atoms with Crippen molar-refractivity contribution in [1.29, 1.82) is 0 Å². The minimum absolute atomic E-state index is 0.131. The number of aliphatic hydroxyl groups excluding tert-OH is 1. The summed E-state index contributed by atoms with van der Waals surface area (Å²) in [4.78, 5) is 55.0. The Morgan fingerprint density at radius 2 is 1.33 bits per heavy atom. The summed E-state index contributed by atoms with van der Waals surface area (Å²) >= 11 is 0. The average Bonchev–Trinajstić information content (AvgIpc) is 3.06. The van der Waals surface area contributed by atoms with E-state index >= 15 is 0 Å². The third-order valence-electron chi connectivity index (χ3n) is 8.25. The number of cyclic esters (lactones) is 1. The molecular formula is C36H43N3O6. The number of unbranched alkanes of at least 4 members (excludes halogenated alkanes) is 1. The van der Waals surface area contributed by atoms with Crippen molar-refractivity contribution in [2.45, 2.75) is 76.1 Å². The highest BCUT2D eigenvalue weighted by Crippen LogP contribution is 2.29. The van der Waals surface area contributed by atoms with Gasteiger partial charge in [-0.2, -0.15) is 0 Å². The number of rotatable bonds is 10. The molecule has 4 N–H and O–H groups in total. The highest BCUT2D eigenvalue weighted by Gasteiger charge is 2.38. The van der Waals surface area contributed by atoms with E-state index in [0.29, 0.717) is 0 Å². The van der Waals surface area contributed by atoms with Crippen LogP contribution in [0.2, 0.25) is 0 Å². The highest BCUT2D eigenvalue weighted by atomic mass is 16.5. The van der Waals surface area contributed by atoms with Crippen LogP contribution in [-0.4, -0.2) is 59.6 Å². The quantitative estimate of drug-likeness (QED) is 0.258. The Bertz CT molecular complexity index is 1360. The second-order valence-corrected chi connectivity index (χ2v) is 11.6. The van der Waals surface area contributed by atoms with E-state index in [1.54, 1.807) is 0 Å². The summed E-state index contributed by atoms with van der Waals surface area (Å²) in [7, 11) is 0. The third-order valence-corrected chi connectivity index (χ3v) is 8.25. The van der Waals surface area contributed by atoms with Crippen LogP contribution in [0.3, 0.4) is 0 Å². The number of esters is 1. The summed E-state index contributed by atoms with van der Waals surface area (Å²) in [5.41, 5.74) is 2.34. The average molecular weight is 614 g/mol. The highest BCUT2D eigenvalue weighted by molar-refractivity contribution is 5.95. The molecule has 238 valence electrons. The van der Waals surface area contributed by atoms with Crippen LogP contribution in [0.5, 0.6) is 0 Å². The summed E-state index contributed by atoms with van der Waals surface area (Å²) in [5, 5.41) is 18.5. The van der Waals surface area contributed by atoms with E-state index in [2.05, 4.69) is 22.9 Å². The molecule has 0 aliphatic carbocycles. The Balaban J connectivity index is 1.75. The van der Waals surface area contributed by atoms with E-state index in [9.17, 15) is 24.3 Å². The van der Waals surface area contributed by atoms with E-state index < -0.39 is 60.4 Å². The Morgan fingerprint density at radius 1 is 0.778 bits per heavy atom. The molecule has 4 rings (SSSR count). The van der Waals surface area contributed by atoms with Gasteiger partial charge in [-0.05, 0) is 29.0 Å². The number of hydrogen-bond acceptors (Lipinski definition) is 6. The van der Waals surface area contributed by atoms with Gasteiger partial charge in [-0.15, -0.1) is 0 Å². The molecule has 0 unspecified atom stereocenters. The lowest BCUT2D eigenvalue weighted by molar-refractivity contribution is -0.157. The van der Waals surface area contributed by atoms with Crippen molar-refractivity contribution < 1.29 is 29.0 Å². The van der Waals surface area contributed by atoms with Crippen molar-refractivity contribution in [3.05, 3.63) is 108 Å². The molecule has 1 fully saturated rings. The lowest BCUT2D eigenvalue weighted by Crippen LogP contribution is -2.58. The summed E-state index contributed by atoms with van der Waals surface area (Å²) in [6.07, 6.45) is 1.73. The first-order chi connectivity index (χ1) is 21.8. The summed E-state index contributed by atoms with van der Waals surface area (Å²) in [5.74, 6) is -3.30. The first-order valence-corrected chi connectivity index (χ1v) is 15.7. The van der Waals surface area contributed by atoms with E-state index in [1.165, 1.54) is 0 Å². The van der Waals surface area contributed by atoms with Gasteiger partial charge in [0.2, 0.25) is 17.7 Å². The summed E-state index contributed by atoms with van der Waals surface area (Å²) in [6.45, 7) is 3.28. The number of aliphatic hydroxyl groups is 1. The van der Waals surface area contributed by atoms with E-state index in [4.69, 9.17) is 4.74 Å². The monoisotopic (exact) mass is 613 g/mol. The van der Waals surface area contributed by atoms with Gasteiger partial charge >= 0.3 is 5.97 Å². The predicted octanol–water partition coefficient (Wildman–Crippen LogP) is 3.65. The molecule has 0 radical (unpaired) electrons. The standard InChI is InChI=1S/C36H43N3O6/c1-3-4-14-24(2)30-22-31(41)39-33(32(26-17-10-6-11-18-26)27-19-12-7-13-20-27)35(43)38-29(23-40)34(42)37-28(36(44)45-30)21-25-15-8-5-9-16-25/h5-13,15-20,24,28-30,32-33,40H,3-4,14,21-23H2,1-2H3,(H,37,42)(H,38,43)(H,39,41)/t24-,28+,29-,30-,33-/m0/s1. The van der Waals surface area contributed by atoms with Gasteiger partial charge in [0.05, 0.1) is 13.0 Å². The maximum atomic E-state index is 14.0. The van der Waals surface area contributed by atoms with Gasteiger partial charge in [0, 0.05) is 12.3 Å². The molecular weight excluding hydrogens is 570 g/mol. The SMILES string of the molecule is CCCC[C@H](C)[C@@H]1CC(=O)N[C@@H](C(c2ccccc2)c2ccccc2)C(=O)N[C@@H](CO)C(=O)N[C@H](Cc2ccccc2)C(=O)O1. The van der Waals surface area contributed by atoms with Crippen molar-refractivity contribution in [3.63, 3.8) is 0 Å². The minimum Gasteiger partial charge on any atom is -0.460 e. The fourth-order valence-electron chi connectivity index (χ4n) is 5.69. The zero-order valence-electron chi connectivity index (χ0n) is 25.9. The molecule has 1 saturated heterocycles. The number of amides is 3. The molecule has 9 nitrogen and oxygen atoms in total. The predicted molar refractivity (Wildman–Crippen MR) is 171 cm³/mol. The largest absolute Gasteiger partial charge is 0.460 e. The Hall–Kier alpha value is -4.50. The van der Waals surface area contributed by atoms with E-state index in [1.807, 2.05) is 97.9 Å². The van der Waals surface area contributed by atoms with Gasteiger partial charge in [-0.25, -0.2) is 4.79 Å². The molecule has 3 aromatic carbocycles. The molecule has 9 heteroatoms. The van der Waals surface area contributed by atoms with Crippen molar-refractivity contribution in [2.24, 2.45) is 5.92 Å². The topological polar surface area (TPSA) is 134 Å². The first kappa shape index (κ1) is 33.4. The lowest BCUT2D eigenvalue weighted by atomic mass is 9.84. The second kappa shape index (κ2) is 16.5. The van der Waals surface area contributed by atoms with Crippen LogP contribution in [0.1, 0.15) is 62.1 Å². The molecule has 1 heterocycles.